The monoisotopic (exact) mass is 198 g/mol. The Morgan fingerprint density at radius 1 is 1.20 bits per heavy atom. The molecule has 0 bridgehead atoms. The van der Waals surface area contributed by atoms with Crippen LogP contribution >= 0.6 is 0 Å². The molecule has 0 spiro atoms. The summed E-state index contributed by atoms with van der Waals surface area (Å²) in [6.45, 7) is 3.71. The SMILES string of the molecule is C=CCCCc1cnc2ccccc2n1. The van der Waals surface area contributed by atoms with E-state index in [1.54, 1.807) is 0 Å². The van der Waals surface area contributed by atoms with Crippen molar-refractivity contribution in [3.8, 4) is 0 Å². The Morgan fingerprint density at radius 2 is 2.00 bits per heavy atom. The number of nitrogens with zero attached hydrogens (tertiary/aromatic N) is 2. The zero-order valence-corrected chi connectivity index (χ0v) is 8.69. The molecule has 2 heteroatoms. The zero-order valence-electron chi connectivity index (χ0n) is 8.69. The quantitative estimate of drug-likeness (QED) is 0.557. The van der Waals surface area contributed by atoms with Gasteiger partial charge in [-0.15, -0.1) is 6.58 Å². The van der Waals surface area contributed by atoms with Crippen molar-refractivity contribution < 1.29 is 0 Å². The van der Waals surface area contributed by atoms with Gasteiger partial charge in [0.15, 0.2) is 0 Å². The molecule has 0 aliphatic rings. The van der Waals surface area contributed by atoms with Gasteiger partial charge in [-0.25, -0.2) is 4.98 Å². The number of para-hydroxylation sites is 2. The third-order valence-corrected chi connectivity index (χ3v) is 2.34. The van der Waals surface area contributed by atoms with Crippen LogP contribution in [0.25, 0.3) is 11.0 Å². The highest BCUT2D eigenvalue weighted by molar-refractivity contribution is 5.73. The molecule has 15 heavy (non-hydrogen) atoms. The van der Waals surface area contributed by atoms with E-state index in [-0.39, 0.29) is 0 Å². The minimum absolute atomic E-state index is 0.963. The van der Waals surface area contributed by atoms with Gasteiger partial charge in [-0.3, -0.25) is 4.98 Å². The molecule has 1 heterocycles. The fraction of sp³-hybridized carbons (Fsp3) is 0.231. The van der Waals surface area contributed by atoms with Crippen LogP contribution in [-0.2, 0) is 6.42 Å². The summed E-state index contributed by atoms with van der Waals surface area (Å²) in [6.07, 6.45) is 6.91. The van der Waals surface area contributed by atoms with Gasteiger partial charge in [-0.2, -0.15) is 0 Å². The number of hydrogen-bond acceptors (Lipinski definition) is 2. The number of aryl methyl sites for hydroxylation is 1. The largest absolute Gasteiger partial charge is 0.253 e. The van der Waals surface area contributed by atoms with Gasteiger partial charge >= 0.3 is 0 Å². The van der Waals surface area contributed by atoms with Crippen molar-refractivity contribution in [3.63, 3.8) is 0 Å². The van der Waals surface area contributed by atoms with Gasteiger partial charge in [-0.1, -0.05) is 18.2 Å². The molecule has 0 radical (unpaired) electrons. The van der Waals surface area contributed by atoms with Crippen LogP contribution in [0.2, 0.25) is 0 Å². The summed E-state index contributed by atoms with van der Waals surface area (Å²) >= 11 is 0. The van der Waals surface area contributed by atoms with Gasteiger partial charge < -0.3 is 0 Å². The lowest BCUT2D eigenvalue weighted by molar-refractivity contribution is 0.818. The average Bonchev–Trinajstić information content (AvgIpc) is 2.29. The van der Waals surface area contributed by atoms with E-state index in [0.29, 0.717) is 0 Å². The van der Waals surface area contributed by atoms with Gasteiger partial charge in [-0.05, 0) is 31.4 Å². The molecular formula is C13H14N2. The lowest BCUT2D eigenvalue weighted by atomic mass is 10.2. The molecule has 2 nitrogen and oxygen atoms in total. The van der Waals surface area contributed by atoms with Gasteiger partial charge in [0.25, 0.3) is 0 Å². The van der Waals surface area contributed by atoms with Crippen LogP contribution in [-0.4, -0.2) is 9.97 Å². The van der Waals surface area contributed by atoms with E-state index in [9.17, 15) is 0 Å². The van der Waals surface area contributed by atoms with Crippen molar-refractivity contribution in [1.29, 1.82) is 0 Å². The maximum absolute atomic E-state index is 4.55. The van der Waals surface area contributed by atoms with E-state index >= 15 is 0 Å². The maximum Gasteiger partial charge on any atom is 0.0890 e. The Bertz CT molecular complexity index is 463. The third kappa shape index (κ3) is 2.40. The highest BCUT2D eigenvalue weighted by Gasteiger charge is 1.98. The number of fused-ring (bicyclic) bond motifs is 1. The van der Waals surface area contributed by atoms with E-state index in [0.717, 1.165) is 36.0 Å². The second kappa shape index (κ2) is 4.69. The fourth-order valence-corrected chi connectivity index (χ4v) is 1.54. The first kappa shape index (κ1) is 9.84. The Hall–Kier alpha value is -1.70. The van der Waals surface area contributed by atoms with Gasteiger partial charge in [0.1, 0.15) is 0 Å². The van der Waals surface area contributed by atoms with E-state index in [4.69, 9.17) is 0 Å². The molecule has 0 aliphatic heterocycles. The lowest BCUT2D eigenvalue weighted by Gasteiger charge is -2.00. The summed E-state index contributed by atoms with van der Waals surface area (Å²) in [4.78, 5) is 8.92. The number of unbranched alkanes of at least 4 members (excludes halogenated alkanes) is 1. The number of allylic oxidation sites excluding steroid dienone is 1. The topological polar surface area (TPSA) is 25.8 Å². The zero-order chi connectivity index (χ0) is 10.5. The van der Waals surface area contributed by atoms with Crippen LogP contribution in [0.3, 0.4) is 0 Å². The second-order valence-electron chi connectivity index (χ2n) is 3.53. The summed E-state index contributed by atoms with van der Waals surface area (Å²) < 4.78 is 0. The predicted octanol–water partition coefficient (Wildman–Crippen LogP) is 3.14. The van der Waals surface area contributed by atoms with Crippen LogP contribution in [0.5, 0.6) is 0 Å². The van der Waals surface area contributed by atoms with Crippen molar-refractivity contribution in [3.05, 3.63) is 48.8 Å². The normalized spacial score (nSPS) is 10.4. The molecule has 0 fully saturated rings. The smallest absolute Gasteiger partial charge is 0.0890 e. The van der Waals surface area contributed by atoms with Crippen molar-refractivity contribution in [1.82, 2.24) is 9.97 Å². The predicted molar refractivity (Wildman–Crippen MR) is 62.7 cm³/mol. The van der Waals surface area contributed by atoms with E-state index in [1.807, 2.05) is 36.5 Å². The number of benzene rings is 1. The van der Waals surface area contributed by atoms with Crippen molar-refractivity contribution in [2.45, 2.75) is 19.3 Å². The van der Waals surface area contributed by atoms with Crippen molar-refractivity contribution in [2.24, 2.45) is 0 Å². The van der Waals surface area contributed by atoms with E-state index in [2.05, 4.69) is 16.5 Å². The van der Waals surface area contributed by atoms with Gasteiger partial charge in [0.2, 0.25) is 0 Å². The highest BCUT2D eigenvalue weighted by atomic mass is 14.8. The number of aromatic nitrogens is 2. The standard InChI is InChI=1S/C13H14N2/c1-2-3-4-7-11-10-14-12-8-5-6-9-13(12)15-11/h2,5-6,8-10H,1,3-4,7H2. The fourth-order valence-electron chi connectivity index (χ4n) is 1.54. The molecule has 0 saturated carbocycles. The molecule has 2 aromatic rings. The first-order valence-electron chi connectivity index (χ1n) is 5.22. The lowest BCUT2D eigenvalue weighted by Crippen LogP contribution is -1.92. The van der Waals surface area contributed by atoms with E-state index < -0.39 is 0 Å². The molecule has 1 aromatic heterocycles. The molecule has 0 aliphatic carbocycles. The summed E-state index contributed by atoms with van der Waals surface area (Å²) in [5.74, 6) is 0. The molecule has 2 rings (SSSR count). The Labute approximate surface area is 89.7 Å². The van der Waals surface area contributed by atoms with Gasteiger partial charge in [0.05, 0.1) is 16.7 Å². The highest BCUT2D eigenvalue weighted by Crippen LogP contribution is 2.10. The first-order chi connectivity index (χ1) is 7.40. The van der Waals surface area contributed by atoms with Crippen molar-refractivity contribution in [2.75, 3.05) is 0 Å². The summed E-state index contributed by atoms with van der Waals surface area (Å²) in [5, 5.41) is 0. The van der Waals surface area contributed by atoms with Crippen LogP contribution in [0.4, 0.5) is 0 Å². The number of hydrogen-bond donors (Lipinski definition) is 0. The first-order valence-corrected chi connectivity index (χ1v) is 5.22. The Balaban J connectivity index is 2.19. The molecular weight excluding hydrogens is 184 g/mol. The molecule has 0 atom stereocenters. The Morgan fingerprint density at radius 3 is 2.80 bits per heavy atom. The molecule has 76 valence electrons. The number of rotatable bonds is 4. The van der Waals surface area contributed by atoms with Crippen LogP contribution in [0.15, 0.2) is 43.1 Å². The summed E-state index contributed by atoms with van der Waals surface area (Å²) in [7, 11) is 0. The Kier molecular flexibility index (Phi) is 3.08. The third-order valence-electron chi connectivity index (χ3n) is 2.34. The minimum Gasteiger partial charge on any atom is -0.253 e. The second-order valence-corrected chi connectivity index (χ2v) is 3.53. The van der Waals surface area contributed by atoms with E-state index in [1.165, 1.54) is 0 Å². The maximum atomic E-state index is 4.55. The van der Waals surface area contributed by atoms with Crippen LogP contribution in [0, 0.1) is 0 Å². The molecule has 0 saturated heterocycles. The minimum atomic E-state index is 0.963. The average molecular weight is 198 g/mol. The van der Waals surface area contributed by atoms with Crippen LogP contribution in [0.1, 0.15) is 18.5 Å². The molecule has 0 unspecified atom stereocenters. The van der Waals surface area contributed by atoms with Crippen molar-refractivity contribution >= 4 is 11.0 Å². The molecule has 0 N–H and O–H groups in total. The van der Waals surface area contributed by atoms with Crippen LogP contribution < -0.4 is 0 Å². The molecule has 1 aromatic carbocycles. The van der Waals surface area contributed by atoms with Gasteiger partial charge in [0, 0.05) is 6.20 Å². The summed E-state index contributed by atoms with van der Waals surface area (Å²) in [6, 6.07) is 7.95. The summed E-state index contributed by atoms with van der Waals surface area (Å²) in [5.41, 5.74) is 3.01. The molecule has 0 amide bonds.